The molecule has 0 fully saturated rings. The van der Waals surface area contributed by atoms with E-state index in [1.54, 1.807) is 18.2 Å². The maximum Gasteiger partial charge on any atom is 0.210 e. The van der Waals surface area contributed by atoms with Gasteiger partial charge in [0.05, 0.1) is 43.1 Å². The lowest BCUT2D eigenvalue weighted by Crippen LogP contribution is -2.16. The van der Waals surface area contributed by atoms with Gasteiger partial charge in [-0.2, -0.15) is 0 Å². The van der Waals surface area contributed by atoms with E-state index in [1.165, 1.54) is 0 Å². The fraction of sp³-hybridized carbons (Fsp3) is 0.0690. The molecule has 37 heavy (non-hydrogen) atoms. The summed E-state index contributed by atoms with van der Waals surface area (Å²) in [5.74, 6) is 1.45. The molecule has 1 aliphatic heterocycles. The number of aryl methyl sites for hydroxylation is 1. The molecule has 0 atom stereocenters. The highest BCUT2D eigenvalue weighted by molar-refractivity contribution is 7.92. The van der Waals surface area contributed by atoms with E-state index in [9.17, 15) is 8.42 Å². The Labute approximate surface area is 211 Å². The van der Waals surface area contributed by atoms with Crippen molar-refractivity contribution >= 4 is 48.5 Å². The van der Waals surface area contributed by atoms with Gasteiger partial charge in [-0.1, -0.05) is 43.3 Å². The Balaban J connectivity index is 1.55. The maximum atomic E-state index is 13.9. The fourth-order valence-corrected chi connectivity index (χ4v) is 7.24. The second kappa shape index (κ2) is 7.02. The van der Waals surface area contributed by atoms with E-state index >= 15 is 0 Å². The van der Waals surface area contributed by atoms with Gasteiger partial charge in [-0.25, -0.2) is 23.4 Å². The van der Waals surface area contributed by atoms with E-state index in [-0.39, 0.29) is 4.90 Å². The van der Waals surface area contributed by atoms with Gasteiger partial charge in [-0.3, -0.25) is 8.97 Å². The first kappa shape index (κ1) is 20.6. The first-order valence-electron chi connectivity index (χ1n) is 12.1. The number of imidazole rings is 2. The molecule has 4 aromatic carbocycles. The Hall–Kier alpha value is -4.56. The standard InChI is InChI=1S/C29H19N5O2S/c1-2-26-30-21-15-17(16-25-27(21)33(26)23-13-7-8-14-24(23)37(25,35)36)28-31-19-10-4-3-9-18(19)29-32-20-11-5-6-12-22(20)34(28)29/h3-16H,2H2,1H3. The summed E-state index contributed by atoms with van der Waals surface area (Å²) >= 11 is 0. The SMILES string of the molecule is CCc1nc2cc(-c3nc4ccccc4c4nc5ccccc5n34)cc3c2n1-c1ccccc1S3(=O)=O. The maximum absolute atomic E-state index is 13.9. The van der Waals surface area contributed by atoms with Gasteiger partial charge in [0, 0.05) is 17.4 Å². The Kier molecular flexibility index (Phi) is 3.91. The van der Waals surface area contributed by atoms with Crippen LogP contribution in [0.15, 0.2) is 94.7 Å². The van der Waals surface area contributed by atoms with E-state index in [0.717, 1.165) is 33.4 Å². The smallest absolute Gasteiger partial charge is 0.210 e. The lowest BCUT2D eigenvalue weighted by molar-refractivity contribution is 0.594. The van der Waals surface area contributed by atoms with Gasteiger partial charge in [0.2, 0.25) is 9.84 Å². The van der Waals surface area contributed by atoms with Gasteiger partial charge in [0.1, 0.15) is 17.3 Å². The number of aromatic nitrogens is 5. The number of benzene rings is 4. The molecule has 1 aliphatic rings. The Bertz CT molecular complexity index is 2210. The van der Waals surface area contributed by atoms with Gasteiger partial charge in [0.25, 0.3) is 0 Å². The summed E-state index contributed by atoms with van der Waals surface area (Å²) in [5, 5.41) is 0.934. The Morgan fingerprint density at radius 2 is 1.51 bits per heavy atom. The van der Waals surface area contributed by atoms with Crippen molar-refractivity contribution < 1.29 is 8.42 Å². The molecule has 7 nitrogen and oxygen atoms in total. The molecule has 0 saturated heterocycles. The molecule has 178 valence electrons. The number of hydrogen-bond acceptors (Lipinski definition) is 5. The third-order valence-electron chi connectivity index (χ3n) is 7.19. The summed E-state index contributed by atoms with van der Waals surface area (Å²) in [7, 11) is -3.77. The molecule has 0 saturated carbocycles. The first-order valence-corrected chi connectivity index (χ1v) is 13.6. The lowest BCUT2D eigenvalue weighted by atomic mass is 10.1. The molecule has 0 N–H and O–H groups in total. The molecule has 7 aromatic rings. The highest BCUT2D eigenvalue weighted by Crippen LogP contribution is 2.42. The van der Waals surface area contributed by atoms with Crippen LogP contribution in [0.3, 0.4) is 0 Å². The molecule has 0 amide bonds. The predicted octanol–water partition coefficient (Wildman–Crippen LogP) is 5.75. The highest BCUT2D eigenvalue weighted by atomic mass is 32.2. The summed E-state index contributed by atoms with van der Waals surface area (Å²) in [6, 6.07) is 26.6. The third kappa shape index (κ3) is 2.60. The van der Waals surface area contributed by atoms with Crippen LogP contribution < -0.4 is 0 Å². The first-order chi connectivity index (χ1) is 18.1. The number of hydrogen-bond donors (Lipinski definition) is 0. The number of para-hydroxylation sites is 4. The van der Waals surface area contributed by atoms with E-state index in [4.69, 9.17) is 15.0 Å². The van der Waals surface area contributed by atoms with Gasteiger partial charge in [0.15, 0.2) is 0 Å². The molecule has 8 rings (SSSR count). The number of fused-ring (bicyclic) bond motifs is 7. The van der Waals surface area contributed by atoms with E-state index in [2.05, 4.69) is 0 Å². The van der Waals surface area contributed by atoms with Crippen LogP contribution in [-0.4, -0.2) is 32.3 Å². The van der Waals surface area contributed by atoms with Crippen LogP contribution in [0, 0.1) is 0 Å². The van der Waals surface area contributed by atoms with Crippen LogP contribution in [0.5, 0.6) is 0 Å². The molecular weight excluding hydrogens is 482 g/mol. The van der Waals surface area contributed by atoms with Crippen molar-refractivity contribution in [3.63, 3.8) is 0 Å². The average molecular weight is 502 g/mol. The number of sulfone groups is 1. The lowest BCUT2D eigenvalue weighted by Gasteiger charge is -2.21. The van der Waals surface area contributed by atoms with Crippen LogP contribution in [0.1, 0.15) is 12.7 Å². The molecule has 0 aliphatic carbocycles. The summed E-state index contributed by atoms with van der Waals surface area (Å²) in [5.41, 5.74) is 5.91. The summed E-state index contributed by atoms with van der Waals surface area (Å²) in [6.45, 7) is 2.03. The van der Waals surface area contributed by atoms with Crippen molar-refractivity contribution in [1.29, 1.82) is 0 Å². The predicted molar refractivity (Wildman–Crippen MR) is 143 cm³/mol. The molecule has 0 spiro atoms. The van der Waals surface area contributed by atoms with Gasteiger partial charge in [-0.05, 0) is 48.5 Å². The minimum Gasteiger partial charge on any atom is -0.294 e. The van der Waals surface area contributed by atoms with Crippen molar-refractivity contribution in [2.45, 2.75) is 23.1 Å². The quantitative estimate of drug-likeness (QED) is 0.301. The van der Waals surface area contributed by atoms with Gasteiger partial charge >= 0.3 is 0 Å². The average Bonchev–Trinajstić information content (AvgIpc) is 3.50. The second-order valence-electron chi connectivity index (χ2n) is 9.24. The van der Waals surface area contributed by atoms with Crippen molar-refractivity contribution in [2.75, 3.05) is 0 Å². The fourth-order valence-electron chi connectivity index (χ4n) is 5.58. The van der Waals surface area contributed by atoms with Crippen molar-refractivity contribution in [1.82, 2.24) is 23.9 Å². The van der Waals surface area contributed by atoms with Crippen LogP contribution in [-0.2, 0) is 16.3 Å². The topological polar surface area (TPSA) is 82.2 Å². The highest BCUT2D eigenvalue weighted by Gasteiger charge is 2.34. The zero-order valence-corrected chi connectivity index (χ0v) is 20.6. The number of nitrogens with zero attached hydrogens (tertiary/aromatic N) is 5. The molecule has 4 heterocycles. The Morgan fingerprint density at radius 3 is 2.38 bits per heavy atom. The molecule has 0 bridgehead atoms. The number of rotatable bonds is 2. The van der Waals surface area contributed by atoms with Crippen LogP contribution in [0.4, 0.5) is 0 Å². The molecule has 0 radical (unpaired) electrons. The second-order valence-corrected chi connectivity index (χ2v) is 11.1. The Morgan fingerprint density at radius 1 is 0.757 bits per heavy atom. The summed E-state index contributed by atoms with van der Waals surface area (Å²) in [4.78, 5) is 15.4. The zero-order chi connectivity index (χ0) is 24.9. The summed E-state index contributed by atoms with van der Waals surface area (Å²) < 4.78 is 31.8. The largest absolute Gasteiger partial charge is 0.294 e. The minimum atomic E-state index is -3.77. The van der Waals surface area contributed by atoms with Gasteiger partial charge < -0.3 is 0 Å². The monoisotopic (exact) mass is 501 g/mol. The summed E-state index contributed by atoms with van der Waals surface area (Å²) in [6.07, 6.45) is 0.669. The minimum absolute atomic E-state index is 0.249. The molecule has 0 unspecified atom stereocenters. The van der Waals surface area contributed by atoms with E-state index in [0.29, 0.717) is 39.4 Å². The van der Waals surface area contributed by atoms with E-state index < -0.39 is 9.84 Å². The van der Waals surface area contributed by atoms with Crippen LogP contribution >= 0.6 is 0 Å². The van der Waals surface area contributed by atoms with E-state index in [1.807, 2.05) is 82.6 Å². The molecule has 3 aromatic heterocycles. The zero-order valence-electron chi connectivity index (χ0n) is 19.8. The van der Waals surface area contributed by atoms with Crippen molar-refractivity contribution in [3.05, 3.63) is 90.8 Å². The van der Waals surface area contributed by atoms with Crippen molar-refractivity contribution in [2.24, 2.45) is 0 Å². The van der Waals surface area contributed by atoms with Crippen LogP contribution in [0.25, 0.3) is 55.7 Å². The molecular formula is C29H19N5O2S. The van der Waals surface area contributed by atoms with Gasteiger partial charge in [-0.15, -0.1) is 0 Å². The molecule has 8 heteroatoms. The normalized spacial score (nSPS) is 14.1. The van der Waals surface area contributed by atoms with Crippen LogP contribution in [0.2, 0.25) is 0 Å². The van der Waals surface area contributed by atoms with Crippen molar-refractivity contribution in [3.8, 4) is 17.1 Å². The third-order valence-corrected chi connectivity index (χ3v) is 9.00.